The van der Waals surface area contributed by atoms with Crippen LogP contribution in [0.3, 0.4) is 0 Å². The van der Waals surface area contributed by atoms with E-state index in [0.29, 0.717) is 0 Å². The SMILES string of the molecule is CCn1ccnc1-c1[c-]cc(F)cc1-c1c(C)cccc1C.Cc1cccc(C)c1-c1c(-c2nccn2C)[c-]c([Si](C)(C)C)cc1[Si](C)(C)C.Cc1cccc(C)c1-c1cc(F)c[c-]c1-c1nccn1C(C)(C)C.Cc1cccc(C)c1-c1cc(F)c[c-]c1-c1nccn1C(C)C.Cc1cccc(C)c1-c1cc(F)c[c-]c1-c1nccn1CC(C)(C)C.[Ir].[Ir].[Ir].[Ir].[Ir]. The molecular weight excluding hydrogens is 2510 g/mol. The Morgan fingerprint density at radius 2 is 0.669 bits per heavy atom. The molecule has 10 aromatic carbocycles. The van der Waals surface area contributed by atoms with Crippen LogP contribution in [0.4, 0.5) is 17.6 Å². The summed E-state index contributed by atoms with van der Waals surface area (Å²) in [4.78, 5) is 22.8. The Balaban J connectivity index is 0.000000243. The molecular formula is C106H117F4Ir5N10Si2-5. The van der Waals surface area contributed by atoms with Gasteiger partial charge in [0, 0.05) is 217 Å². The zero-order valence-electron chi connectivity index (χ0n) is 77.8. The van der Waals surface area contributed by atoms with Crippen LogP contribution >= 0.6 is 0 Å². The van der Waals surface area contributed by atoms with Gasteiger partial charge in [-0.25, -0.2) is 0 Å². The number of aromatic nitrogens is 10. The quantitative estimate of drug-likeness (QED) is 0.0580. The fourth-order valence-corrected chi connectivity index (χ4v) is 18.9. The average Bonchev–Trinajstić information content (AvgIpc) is 0.983. The van der Waals surface area contributed by atoms with Crippen LogP contribution in [-0.2, 0) is 126 Å². The third kappa shape index (κ3) is 25.5. The first kappa shape index (κ1) is 107. The summed E-state index contributed by atoms with van der Waals surface area (Å²) in [6, 6.07) is 62.0. The molecule has 677 valence electrons. The molecule has 0 bridgehead atoms. The van der Waals surface area contributed by atoms with Crippen molar-refractivity contribution in [3.63, 3.8) is 0 Å². The van der Waals surface area contributed by atoms with Gasteiger partial charge in [0.25, 0.3) is 0 Å². The van der Waals surface area contributed by atoms with Gasteiger partial charge in [0.15, 0.2) is 0 Å². The maximum absolute atomic E-state index is 14.1. The van der Waals surface area contributed by atoms with Crippen molar-refractivity contribution in [3.8, 4) is 113 Å². The van der Waals surface area contributed by atoms with Crippen LogP contribution in [0, 0.1) is 128 Å². The largest absolute Gasteiger partial charge is 0.373 e. The molecule has 5 heterocycles. The Morgan fingerprint density at radius 1 is 0.362 bits per heavy atom. The number of rotatable bonds is 15. The van der Waals surface area contributed by atoms with E-state index in [2.05, 4.69) is 241 Å². The molecule has 0 amide bonds. The van der Waals surface area contributed by atoms with Gasteiger partial charge in [0.1, 0.15) is 0 Å². The molecule has 0 aliphatic heterocycles. The van der Waals surface area contributed by atoms with Crippen LogP contribution < -0.4 is 10.4 Å². The second-order valence-corrected chi connectivity index (χ2v) is 46.6. The molecule has 5 radical (unpaired) electrons. The average molecular weight is 2620 g/mol. The van der Waals surface area contributed by atoms with E-state index in [-0.39, 0.29) is 141 Å². The fraction of sp³-hybridized carbons (Fsp3) is 0.292. The Morgan fingerprint density at radius 3 is 1.00 bits per heavy atom. The first-order chi connectivity index (χ1) is 57.6. The number of hydrogen-bond donors (Lipinski definition) is 0. The van der Waals surface area contributed by atoms with Gasteiger partial charge in [-0.3, -0.25) is 42.5 Å². The minimum absolute atomic E-state index is 0. The summed E-state index contributed by atoms with van der Waals surface area (Å²) < 4.78 is 66.4. The van der Waals surface area contributed by atoms with Crippen LogP contribution in [0.2, 0.25) is 39.3 Å². The number of aryl methyl sites for hydroxylation is 12. The Bertz CT molecular complexity index is 6140. The fourth-order valence-electron chi connectivity index (χ4n) is 16.1. The number of nitrogens with zero attached hydrogens (tertiary/aromatic N) is 10. The molecule has 127 heavy (non-hydrogen) atoms. The van der Waals surface area contributed by atoms with Crippen LogP contribution in [0.1, 0.15) is 124 Å². The second kappa shape index (κ2) is 45.5. The van der Waals surface area contributed by atoms with Crippen molar-refractivity contribution in [1.82, 2.24) is 47.8 Å². The van der Waals surface area contributed by atoms with Crippen molar-refractivity contribution < 1.29 is 118 Å². The molecule has 0 unspecified atom stereocenters. The van der Waals surface area contributed by atoms with E-state index in [9.17, 15) is 17.6 Å². The van der Waals surface area contributed by atoms with Gasteiger partial charge in [-0.15, -0.1) is 123 Å². The predicted molar refractivity (Wildman–Crippen MR) is 504 cm³/mol. The number of hydrogen-bond acceptors (Lipinski definition) is 5. The number of halogens is 4. The maximum atomic E-state index is 14.1. The first-order valence-corrected chi connectivity index (χ1v) is 48.9. The molecule has 0 N–H and O–H groups in total. The van der Waals surface area contributed by atoms with Crippen LogP contribution in [0.5, 0.6) is 0 Å². The molecule has 5 aromatic heterocycles. The molecule has 10 nitrogen and oxygen atoms in total. The summed E-state index contributed by atoms with van der Waals surface area (Å²) >= 11 is 0. The summed E-state index contributed by atoms with van der Waals surface area (Å²) in [7, 11) is -1.06. The van der Waals surface area contributed by atoms with E-state index >= 15 is 0 Å². The van der Waals surface area contributed by atoms with E-state index in [1.165, 1.54) is 62.5 Å². The molecule has 0 saturated carbocycles. The van der Waals surface area contributed by atoms with E-state index in [1.807, 2.05) is 144 Å². The predicted octanol–water partition coefficient (Wildman–Crippen LogP) is 26.7. The summed E-state index contributed by atoms with van der Waals surface area (Å²) in [5, 5.41) is 2.93. The van der Waals surface area contributed by atoms with Gasteiger partial charge in [-0.1, -0.05) is 262 Å². The third-order valence-corrected chi connectivity index (χ3v) is 25.9. The van der Waals surface area contributed by atoms with E-state index in [0.717, 1.165) is 153 Å². The number of imidazole rings is 5. The summed E-state index contributed by atoms with van der Waals surface area (Å²) in [6.45, 7) is 56.3. The summed E-state index contributed by atoms with van der Waals surface area (Å²) in [5.41, 5.74) is 26.4. The third-order valence-electron chi connectivity index (χ3n) is 22.0. The van der Waals surface area contributed by atoms with Crippen LogP contribution in [-0.4, -0.2) is 63.9 Å². The van der Waals surface area contributed by atoms with Gasteiger partial charge in [-0.2, -0.15) is 0 Å². The molecule has 15 rings (SSSR count). The zero-order valence-corrected chi connectivity index (χ0v) is 91.7. The minimum Gasteiger partial charge on any atom is -0.373 e. The summed E-state index contributed by atoms with van der Waals surface area (Å²) in [6.07, 6.45) is 18.9. The topological polar surface area (TPSA) is 89.1 Å². The molecule has 0 saturated heterocycles. The Hall–Kier alpha value is -8.35. The molecule has 0 atom stereocenters. The second-order valence-electron chi connectivity index (χ2n) is 36.5. The van der Waals surface area contributed by atoms with Gasteiger partial charge in [0.2, 0.25) is 0 Å². The van der Waals surface area contributed by atoms with E-state index < -0.39 is 16.1 Å². The van der Waals surface area contributed by atoms with E-state index in [4.69, 9.17) is 4.98 Å². The summed E-state index contributed by atoms with van der Waals surface area (Å²) in [5.74, 6) is 3.15. The minimum atomic E-state index is -1.61. The van der Waals surface area contributed by atoms with Crippen molar-refractivity contribution in [2.75, 3.05) is 0 Å². The van der Waals surface area contributed by atoms with Gasteiger partial charge in [0.05, 0.1) is 45.3 Å². The Kier molecular flexibility index (Phi) is 38.5. The standard InChI is InChI=1S/C24H33N2Si2.C22H24FN2.C21H22FN2.C20H20FN2.C19H18FN2.5Ir/c1-17-11-10-12-18(2)22(17)23-20(24-25-13-14-26(24)3)15-19(27(4,5)6)16-21(23)28(7,8)9;1-15-7-6-8-16(2)20(15)19-13-17(23)9-10-18(19)21-24-11-12-25(21)14-22(3,4)5;1-14-7-6-8-15(2)19(14)18-13-16(22)9-10-17(18)20-23-11-12-24(20)21(3,4)5;1-13(2)23-11-10-22-20(23)17-9-8-16(21)12-18(17)19-14(3)6-5-7-15(19)4;1-4-22-11-10-21-19(22)16-9-8-15(20)12-17(16)18-13(2)6-5-7-14(18)3;;;;;/h10-14,16H,1-9H3;6-9,11-13H,14H2,1-5H3;6-9,11-13H,1-5H3;5-8,10-13H,1-4H3;5-8,10-12H,4H2,1-3H3;;;;;/q5*-1;;;;;. The molecule has 21 heteroatoms. The van der Waals surface area contributed by atoms with Crippen molar-refractivity contribution in [2.45, 2.75) is 196 Å². The van der Waals surface area contributed by atoms with Gasteiger partial charge in [-0.05, 0) is 116 Å². The number of benzene rings is 10. The van der Waals surface area contributed by atoms with Crippen molar-refractivity contribution >= 4 is 26.5 Å². The first-order valence-electron chi connectivity index (χ1n) is 41.9. The molecule has 0 spiro atoms. The Labute approximate surface area is 822 Å². The van der Waals surface area contributed by atoms with Crippen LogP contribution in [0.15, 0.2) is 208 Å². The van der Waals surface area contributed by atoms with Crippen LogP contribution in [0.25, 0.3) is 113 Å². The molecule has 0 aliphatic rings. The monoisotopic (exact) mass is 2630 g/mol. The molecule has 15 aromatic rings. The normalized spacial score (nSPS) is 11.2. The van der Waals surface area contributed by atoms with Crippen molar-refractivity contribution in [2.24, 2.45) is 12.5 Å². The van der Waals surface area contributed by atoms with E-state index in [1.54, 1.807) is 49.1 Å². The zero-order chi connectivity index (χ0) is 88.8. The van der Waals surface area contributed by atoms with Crippen molar-refractivity contribution in [1.29, 1.82) is 0 Å². The van der Waals surface area contributed by atoms with Gasteiger partial charge >= 0.3 is 0 Å². The molecule has 0 fully saturated rings. The maximum Gasteiger partial charge on any atom is 0.0577 e. The van der Waals surface area contributed by atoms with Gasteiger partial charge < -0.3 is 22.8 Å². The van der Waals surface area contributed by atoms with Crippen molar-refractivity contribution in [3.05, 3.63) is 317 Å². The smallest absolute Gasteiger partial charge is 0.0577 e. The molecule has 0 aliphatic carbocycles.